The van der Waals surface area contributed by atoms with Gasteiger partial charge in [0.1, 0.15) is 5.82 Å². The molecule has 1 N–H and O–H groups in total. The van der Waals surface area contributed by atoms with Crippen LogP contribution in [-0.4, -0.2) is 25.9 Å². The Labute approximate surface area is 157 Å². The molecule has 0 saturated heterocycles. The van der Waals surface area contributed by atoms with Crippen molar-refractivity contribution in [3.8, 4) is 0 Å². The second kappa shape index (κ2) is 8.67. The smallest absolute Gasteiger partial charge is 0.237 e. The van der Waals surface area contributed by atoms with Crippen LogP contribution in [0.2, 0.25) is 0 Å². The third kappa shape index (κ3) is 4.52. The molecule has 0 radical (unpaired) electrons. The van der Waals surface area contributed by atoms with Crippen molar-refractivity contribution in [2.24, 2.45) is 0 Å². The van der Waals surface area contributed by atoms with E-state index in [1.54, 1.807) is 0 Å². The Morgan fingerprint density at radius 2 is 1.73 bits per heavy atom. The summed E-state index contributed by atoms with van der Waals surface area (Å²) in [5.41, 5.74) is 1.99. The number of thioether (sulfide) groups is 1. The molecule has 1 aromatic heterocycles. The Balaban J connectivity index is 1.68. The van der Waals surface area contributed by atoms with Gasteiger partial charge in [0.25, 0.3) is 0 Å². The average molecular weight is 366 g/mol. The monoisotopic (exact) mass is 366 g/mol. The largest absolute Gasteiger partial charge is 0.325 e. The number of nitrogens with one attached hydrogen (secondary N) is 1. The van der Waals surface area contributed by atoms with Crippen molar-refractivity contribution >= 4 is 23.4 Å². The van der Waals surface area contributed by atoms with Crippen molar-refractivity contribution in [2.45, 2.75) is 37.2 Å². The summed E-state index contributed by atoms with van der Waals surface area (Å²) in [6.45, 7) is 4.72. The van der Waals surface area contributed by atoms with E-state index in [-0.39, 0.29) is 11.2 Å². The van der Waals surface area contributed by atoms with Crippen LogP contribution in [0.15, 0.2) is 65.8 Å². The fourth-order valence-electron chi connectivity index (χ4n) is 2.61. The number of anilines is 1. The zero-order chi connectivity index (χ0) is 18.4. The zero-order valence-electron chi connectivity index (χ0n) is 14.9. The number of hydrogen-bond acceptors (Lipinski definition) is 4. The lowest BCUT2D eigenvalue weighted by Crippen LogP contribution is -2.23. The highest BCUT2D eigenvalue weighted by atomic mass is 32.2. The van der Waals surface area contributed by atoms with Gasteiger partial charge in [-0.2, -0.15) is 0 Å². The van der Waals surface area contributed by atoms with Gasteiger partial charge < -0.3 is 9.88 Å². The number of carbonyl (C=O) groups is 1. The van der Waals surface area contributed by atoms with Crippen LogP contribution in [0.1, 0.15) is 25.2 Å². The number of amides is 1. The van der Waals surface area contributed by atoms with Gasteiger partial charge in [0, 0.05) is 18.7 Å². The Hall–Kier alpha value is -2.60. The number of rotatable bonds is 7. The maximum atomic E-state index is 12.4. The van der Waals surface area contributed by atoms with Crippen LogP contribution >= 0.6 is 11.8 Å². The minimum Gasteiger partial charge on any atom is -0.325 e. The van der Waals surface area contributed by atoms with Gasteiger partial charge in [-0.25, -0.2) is 0 Å². The Morgan fingerprint density at radius 1 is 1.08 bits per heavy atom. The predicted molar refractivity (Wildman–Crippen MR) is 105 cm³/mol. The lowest BCUT2D eigenvalue weighted by Gasteiger charge is -2.12. The molecule has 0 aliphatic carbocycles. The molecule has 5 nitrogen and oxygen atoms in total. The first kappa shape index (κ1) is 18.2. The van der Waals surface area contributed by atoms with E-state index in [1.807, 2.05) is 55.5 Å². The number of nitrogens with zero attached hydrogens (tertiary/aromatic N) is 3. The summed E-state index contributed by atoms with van der Waals surface area (Å²) in [5, 5.41) is 12.1. The fourth-order valence-corrected chi connectivity index (χ4v) is 3.54. The van der Waals surface area contributed by atoms with Gasteiger partial charge in [-0.3, -0.25) is 4.79 Å². The lowest BCUT2D eigenvalue weighted by atomic mass is 10.1. The van der Waals surface area contributed by atoms with Crippen LogP contribution in [0.3, 0.4) is 0 Å². The summed E-state index contributed by atoms with van der Waals surface area (Å²) in [5.74, 6) is 0.869. The number of para-hydroxylation sites is 1. The minimum atomic E-state index is -0.269. The van der Waals surface area contributed by atoms with E-state index in [0.717, 1.165) is 29.6 Å². The van der Waals surface area contributed by atoms with Crippen LogP contribution in [-0.2, 0) is 17.8 Å². The van der Waals surface area contributed by atoms with Crippen molar-refractivity contribution in [3.05, 3.63) is 72.1 Å². The Kier molecular flexibility index (Phi) is 6.07. The molecular weight excluding hydrogens is 344 g/mol. The molecule has 1 unspecified atom stereocenters. The average Bonchev–Trinajstić information content (AvgIpc) is 3.04. The highest BCUT2D eigenvalue weighted by Crippen LogP contribution is 2.24. The molecule has 134 valence electrons. The molecule has 0 saturated carbocycles. The third-order valence-electron chi connectivity index (χ3n) is 4.01. The molecule has 0 aliphatic rings. The summed E-state index contributed by atoms with van der Waals surface area (Å²) in [4.78, 5) is 12.4. The molecule has 0 spiro atoms. The number of carbonyl (C=O) groups excluding carboxylic acids is 1. The normalized spacial score (nSPS) is 11.9. The molecule has 6 heteroatoms. The van der Waals surface area contributed by atoms with Crippen molar-refractivity contribution in [3.63, 3.8) is 0 Å². The van der Waals surface area contributed by atoms with E-state index in [1.165, 1.54) is 17.3 Å². The van der Waals surface area contributed by atoms with E-state index in [2.05, 4.69) is 39.1 Å². The van der Waals surface area contributed by atoms with Crippen molar-refractivity contribution in [1.29, 1.82) is 0 Å². The van der Waals surface area contributed by atoms with Gasteiger partial charge in [-0.05, 0) is 31.5 Å². The molecule has 2 aromatic carbocycles. The van der Waals surface area contributed by atoms with Gasteiger partial charge in [-0.15, -0.1) is 10.2 Å². The van der Waals surface area contributed by atoms with Crippen LogP contribution in [0.5, 0.6) is 0 Å². The van der Waals surface area contributed by atoms with Crippen LogP contribution in [0.25, 0.3) is 0 Å². The summed E-state index contributed by atoms with van der Waals surface area (Å²) in [7, 11) is 0. The number of aromatic nitrogens is 3. The second-order valence-electron chi connectivity index (χ2n) is 5.92. The summed E-state index contributed by atoms with van der Waals surface area (Å²) < 4.78 is 2.07. The Bertz CT molecular complexity index is 849. The first-order chi connectivity index (χ1) is 12.7. The molecule has 0 fully saturated rings. The molecule has 3 aromatic rings. The standard InChI is InChI=1S/C20H22N4OS/c1-3-24-18(14-16-10-6-4-7-11-16)22-23-20(24)26-15(2)19(25)21-17-12-8-5-9-13-17/h4-13,15H,3,14H2,1-2H3,(H,21,25). The van der Waals surface area contributed by atoms with Crippen molar-refractivity contribution in [2.75, 3.05) is 5.32 Å². The van der Waals surface area contributed by atoms with Crippen molar-refractivity contribution in [1.82, 2.24) is 14.8 Å². The highest BCUT2D eigenvalue weighted by Gasteiger charge is 2.19. The molecule has 0 aliphatic heterocycles. The third-order valence-corrected chi connectivity index (χ3v) is 5.09. The van der Waals surface area contributed by atoms with Gasteiger partial charge in [-0.1, -0.05) is 60.3 Å². The molecule has 1 heterocycles. The summed E-state index contributed by atoms with van der Waals surface area (Å²) in [6.07, 6.45) is 0.729. The van der Waals surface area contributed by atoms with Crippen molar-refractivity contribution < 1.29 is 4.79 Å². The van der Waals surface area contributed by atoms with E-state index < -0.39 is 0 Å². The van der Waals surface area contributed by atoms with Crippen LogP contribution in [0, 0.1) is 0 Å². The highest BCUT2D eigenvalue weighted by molar-refractivity contribution is 8.00. The Morgan fingerprint density at radius 3 is 2.38 bits per heavy atom. The maximum Gasteiger partial charge on any atom is 0.237 e. The van der Waals surface area contributed by atoms with Gasteiger partial charge in [0.15, 0.2) is 5.16 Å². The zero-order valence-corrected chi connectivity index (χ0v) is 15.7. The minimum absolute atomic E-state index is 0.0449. The van der Waals surface area contributed by atoms with E-state index >= 15 is 0 Å². The predicted octanol–water partition coefficient (Wildman–Crippen LogP) is 4.01. The number of benzene rings is 2. The molecular formula is C20H22N4OS. The van der Waals surface area contributed by atoms with E-state index in [9.17, 15) is 4.79 Å². The van der Waals surface area contributed by atoms with E-state index in [0.29, 0.717) is 0 Å². The first-order valence-corrected chi connectivity index (χ1v) is 9.54. The molecule has 1 atom stereocenters. The molecule has 3 rings (SSSR count). The topological polar surface area (TPSA) is 59.8 Å². The molecule has 0 bridgehead atoms. The SMILES string of the molecule is CCn1c(Cc2ccccc2)nnc1SC(C)C(=O)Nc1ccccc1. The lowest BCUT2D eigenvalue weighted by molar-refractivity contribution is -0.115. The molecule has 1 amide bonds. The number of hydrogen-bond donors (Lipinski definition) is 1. The summed E-state index contributed by atoms with van der Waals surface area (Å²) in [6, 6.07) is 19.7. The molecule has 26 heavy (non-hydrogen) atoms. The maximum absolute atomic E-state index is 12.4. The van der Waals surface area contributed by atoms with E-state index in [4.69, 9.17) is 0 Å². The fraction of sp³-hybridized carbons (Fsp3) is 0.250. The van der Waals surface area contributed by atoms with Crippen LogP contribution < -0.4 is 5.32 Å². The van der Waals surface area contributed by atoms with Gasteiger partial charge >= 0.3 is 0 Å². The first-order valence-electron chi connectivity index (χ1n) is 8.66. The van der Waals surface area contributed by atoms with Gasteiger partial charge in [0.2, 0.25) is 5.91 Å². The summed E-state index contributed by atoms with van der Waals surface area (Å²) >= 11 is 1.43. The van der Waals surface area contributed by atoms with Gasteiger partial charge in [0.05, 0.1) is 5.25 Å². The quantitative estimate of drug-likeness (QED) is 0.642. The van der Waals surface area contributed by atoms with Crippen LogP contribution in [0.4, 0.5) is 5.69 Å². The second-order valence-corrected chi connectivity index (χ2v) is 7.23.